The molecule has 0 aliphatic heterocycles. The van der Waals surface area contributed by atoms with E-state index in [0.717, 1.165) is 18.4 Å². The Kier molecular flexibility index (Phi) is 3.11. The number of rotatable bonds is 1. The van der Waals surface area contributed by atoms with Crippen molar-refractivity contribution in [2.45, 2.75) is 32.8 Å². The van der Waals surface area contributed by atoms with E-state index in [2.05, 4.69) is 12.6 Å². The molecule has 1 N–H and O–H groups in total. The topological polar surface area (TPSA) is 44.0 Å². The molecule has 1 aliphatic rings. The van der Waals surface area contributed by atoms with Gasteiger partial charge in [0.25, 0.3) is 0 Å². The van der Waals surface area contributed by atoms with Crippen molar-refractivity contribution in [1.29, 1.82) is 5.26 Å². The zero-order chi connectivity index (χ0) is 10.0. The number of aliphatic hydroxyl groups is 1. The van der Waals surface area contributed by atoms with Gasteiger partial charge >= 0.3 is 0 Å². The zero-order valence-corrected chi connectivity index (χ0v) is 8.33. The summed E-state index contributed by atoms with van der Waals surface area (Å²) in [5.74, 6) is 0.432. The third-order valence-electron chi connectivity index (χ3n) is 3.17. The van der Waals surface area contributed by atoms with Crippen molar-refractivity contribution in [1.82, 2.24) is 0 Å². The van der Waals surface area contributed by atoms with Gasteiger partial charge in [0.05, 0.1) is 18.1 Å². The van der Waals surface area contributed by atoms with Crippen LogP contribution in [0.3, 0.4) is 0 Å². The standard InChI is InChI=1S/C11H17NO/c1-7(2)9-4-10(6-12)8(3)11(13)5-9/h8-11,13H,1,4-5H2,2-3H3/t8?,9-,10?,11?/m1/s1. The van der Waals surface area contributed by atoms with E-state index >= 15 is 0 Å². The number of hydrogen-bond acceptors (Lipinski definition) is 2. The molecule has 1 fully saturated rings. The van der Waals surface area contributed by atoms with Crippen LogP contribution in [-0.2, 0) is 0 Å². The first kappa shape index (κ1) is 10.3. The Labute approximate surface area is 79.9 Å². The second-order valence-electron chi connectivity index (χ2n) is 4.18. The van der Waals surface area contributed by atoms with Crippen LogP contribution < -0.4 is 0 Å². The van der Waals surface area contributed by atoms with Gasteiger partial charge in [-0.25, -0.2) is 0 Å². The van der Waals surface area contributed by atoms with E-state index in [-0.39, 0.29) is 17.9 Å². The van der Waals surface area contributed by atoms with Crippen molar-refractivity contribution < 1.29 is 5.11 Å². The Morgan fingerprint density at radius 3 is 2.62 bits per heavy atom. The number of nitriles is 1. The minimum atomic E-state index is -0.333. The van der Waals surface area contributed by atoms with Crippen molar-refractivity contribution in [3.8, 4) is 6.07 Å². The van der Waals surface area contributed by atoms with Crippen LogP contribution in [-0.4, -0.2) is 11.2 Å². The van der Waals surface area contributed by atoms with E-state index in [1.54, 1.807) is 0 Å². The Hall–Kier alpha value is -0.810. The molecule has 0 aromatic carbocycles. The number of hydrogen-bond donors (Lipinski definition) is 1. The third kappa shape index (κ3) is 2.10. The molecule has 1 rings (SSSR count). The molecular weight excluding hydrogens is 162 g/mol. The predicted molar refractivity (Wildman–Crippen MR) is 51.8 cm³/mol. The van der Waals surface area contributed by atoms with E-state index in [4.69, 9.17) is 5.26 Å². The number of aliphatic hydroxyl groups excluding tert-OH is 1. The summed E-state index contributed by atoms with van der Waals surface area (Å²) in [5.41, 5.74) is 1.09. The first-order valence-corrected chi connectivity index (χ1v) is 4.79. The zero-order valence-electron chi connectivity index (χ0n) is 8.33. The van der Waals surface area contributed by atoms with E-state index in [0.29, 0.717) is 5.92 Å². The fraction of sp³-hybridized carbons (Fsp3) is 0.727. The smallest absolute Gasteiger partial charge is 0.0659 e. The second kappa shape index (κ2) is 3.93. The van der Waals surface area contributed by atoms with Crippen LogP contribution in [0, 0.1) is 29.1 Å². The molecule has 0 saturated heterocycles. The summed E-state index contributed by atoms with van der Waals surface area (Å²) in [4.78, 5) is 0. The van der Waals surface area contributed by atoms with Gasteiger partial charge in [-0.05, 0) is 31.6 Å². The molecule has 2 nitrogen and oxygen atoms in total. The highest BCUT2D eigenvalue weighted by molar-refractivity contribution is 5.05. The molecule has 0 radical (unpaired) electrons. The summed E-state index contributed by atoms with van der Waals surface area (Å²) in [5, 5.41) is 18.6. The Bertz CT molecular complexity index is 241. The second-order valence-corrected chi connectivity index (χ2v) is 4.18. The number of nitrogens with zero attached hydrogens (tertiary/aromatic N) is 1. The molecule has 0 spiro atoms. The van der Waals surface area contributed by atoms with Crippen LogP contribution in [0.25, 0.3) is 0 Å². The summed E-state index contributed by atoms with van der Waals surface area (Å²) < 4.78 is 0. The molecule has 1 aliphatic carbocycles. The van der Waals surface area contributed by atoms with Gasteiger partial charge in [-0.2, -0.15) is 5.26 Å². The minimum Gasteiger partial charge on any atom is -0.393 e. The predicted octanol–water partition coefficient (Wildman–Crippen LogP) is 2.11. The first-order valence-electron chi connectivity index (χ1n) is 4.79. The maximum atomic E-state index is 9.71. The molecule has 0 aromatic rings. The number of allylic oxidation sites excluding steroid dienone is 1. The van der Waals surface area contributed by atoms with Crippen LogP contribution >= 0.6 is 0 Å². The van der Waals surface area contributed by atoms with Crippen molar-refractivity contribution in [2.24, 2.45) is 17.8 Å². The normalized spacial score (nSPS) is 39.5. The Balaban J connectivity index is 2.70. The van der Waals surface area contributed by atoms with Gasteiger partial charge in [0, 0.05) is 0 Å². The van der Waals surface area contributed by atoms with Gasteiger partial charge in [-0.15, -0.1) is 0 Å². The highest BCUT2D eigenvalue weighted by Gasteiger charge is 2.34. The van der Waals surface area contributed by atoms with E-state index in [1.807, 2.05) is 13.8 Å². The maximum Gasteiger partial charge on any atom is 0.0659 e. The molecule has 0 amide bonds. The third-order valence-corrected chi connectivity index (χ3v) is 3.17. The summed E-state index contributed by atoms with van der Waals surface area (Å²) in [6.07, 6.45) is 1.30. The first-order chi connectivity index (χ1) is 6.06. The Morgan fingerprint density at radius 2 is 2.15 bits per heavy atom. The molecular formula is C11H17NO. The molecule has 2 heteroatoms. The summed E-state index contributed by atoms with van der Waals surface area (Å²) in [6, 6.07) is 2.27. The van der Waals surface area contributed by atoms with Crippen molar-refractivity contribution in [3.05, 3.63) is 12.2 Å². The Morgan fingerprint density at radius 1 is 1.54 bits per heavy atom. The lowest BCUT2D eigenvalue weighted by Crippen LogP contribution is -2.34. The molecule has 0 heterocycles. The lowest BCUT2D eigenvalue weighted by atomic mass is 9.72. The molecule has 72 valence electrons. The van der Waals surface area contributed by atoms with Crippen LogP contribution in [0.2, 0.25) is 0 Å². The minimum absolute atomic E-state index is 0.00884. The van der Waals surface area contributed by atoms with Gasteiger partial charge in [-0.3, -0.25) is 0 Å². The average molecular weight is 179 g/mol. The molecule has 3 unspecified atom stereocenters. The van der Waals surface area contributed by atoms with Crippen molar-refractivity contribution in [2.75, 3.05) is 0 Å². The summed E-state index contributed by atoms with van der Waals surface area (Å²) in [6.45, 7) is 7.81. The fourth-order valence-corrected chi connectivity index (χ4v) is 1.96. The van der Waals surface area contributed by atoms with Crippen LogP contribution in [0.1, 0.15) is 26.7 Å². The van der Waals surface area contributed by atoms with Gasteiger partial charge in [0.2, 0.25) is 0 Å². The van der Waals surface area contributed by atoms with Crippen molar-refractivity contribution >= 4 is 0 Å². The average Bonchev–Trinajstić information content (AvgIpc) is 2.09. The van der Waals surface area contributed by atoms with Crippen LogP contribution in [0.5, 0.6) is 0 Å². The molecule has 4 atom stereocenters. The van der Waals surface area contributed by atoms with E-state index < -0.39 is 0 Å². The van der Waals surface area contributed by atoms with Crippen molar-refractivity contribution in [3.63, 3.8) is 0 Å². The van der Waals surface area contributed by atoms with Gasteiger partial charge in [0.1, 0.15) is 0 Å². The molecule has 1 saturated carbocycles. The molecule has 13 heavy (non-hydrogen) atoms. The highest BCUT2D eigenvalue weighted by atomic mass is 16.3. The lowest BCUT2D eigenvalue weighted by Gasteiger charge is -2.34. The van der Waals surface area contributed by atoms with E-state index in [1.165, 1.54) is 0 Å². The van der Waals surface area contributed by atoms with Crippen LogP contribution in [0.4, 0.5) is 0 Å². The fourth-order valence-electron chi connectivity index (χ4n) is 1.96. The molecule has 0 aromatic heterocycles. The van der Waals surface area contributed by atoms with E-state index in [9.17, 15) is 5.11 Å². The lowest BCUT2D eigenvalue weighted by molar-refractivity contribution is 0.0404. The SMILES string of the molecule is C=C(C)[C@H]1CC(O)C(C)C(C#N)C1. The summed E-state index contributed by atoms with van der Waals surface area (Å²) >= 11 is 0. The highest BCUT2D eigenvalue weighted by Crippen LogP contribution is 2.36. The largest absolute Gasteiger partial charge is 0.393 e. The maximum absolute atomic E-state index is 9.71. The van der Waals surface area contributed by atoms with Gasteiger partial charge < -0.3 is 5.11 Å². The quantitative estimate of drug-likeness (QED) is 0.626. The van der Waals surface area contributed by atoms with Gasteiger partial charge in [-0.1, -0.05) is 19.1 Å². The van der Waals surface area contributed by atoms with Gasteiger partial charge in [0.15, 0.2) is 0 Å². The monoisotopic (exact) mass is 179 g/mol. The van der Waals surface area contributed by atoms with Crippen LogP contribution in [0.15, 0.2) is 12.2 Å². The summed E-state index contributed by atoms with van der Waals surface area (Å²) in [7, 11) is 0. The molecule has 0 bridgehead atoms.